The third-order valence-electron chi connectivity index (χ3n) is 2.21. The monoisotopic (exact) mass is 251 g/mol. The Balaban J connectivity index is 2.31. The third-order valence-corrected chi connectivity index (χ3v) is 2.45. The minimum Gasteiger partial charge on any atom is -0.349 e. The maximum Gasteiger partial charge on any atom is 0.258 e. The number of nitrogens with zero attached hydrogens (tertiary/aromatic N) is 2. The predicted molar refractivity (Wildman–Crippen MR) is 64.0 cm³/mol. The van der Waals surface area contributed by atoms with Crippen molar-refractivity contribution in [3.05, 3.63) is 46.5 Å². The minimum absolute atomic E-state index is 0.105. The molecule has 1 amide bonds. The zero-order valence-electron chi connectivity index (χ0n) is 8.89. The molecule has 0 radical (unpaired) electrons. The average molecular weight is 252 g/mol. The number of hydrogen-bond acceptors (Lipinski definition) is 3. The van der Waals surface area contributed by atoms with Gasteiger partial charge in [0, 0.05) is 12.3 Å². The van der Waals surface area contributed by atoms with Crippen LogP contribution in [0.4, 0.5) is 0 Å². The highest BCUT2D eigenvalue weighted by Gasteiger charge is 2.03. The molecule has 0 spiro atoms. The van der Waals surface area contributed by atoms with Gasteiger partial charge in [-0.15, -0.1) is 11.6 Å². The lowest BCUT2D eigenvalue weighted by molar-refractivity contribution is -0.118. The SMILES string of the molecule is O=C(CCl)NCc1cc(=O)n2ccccc2n1. The summed E-state index contributed by atoms with van der Waals surface area (Å²) in [5, 5.41) is 2.56. The summed E-state index contributed by atoms with van der Waals surface area (Å²) >= 11 is 5.35. The van der Waals surface area contributed by atoms with Gasteiger partial charge in [0.25, 0.3) is 5.56 Å². The number of pyridine rings is 1. The molecule has 2 heterocycles. The molecule has 0 unspecified atom stereocenters. The van der Waals surface area contributed by atoms with Gasteiger partial charge in [-0.2, -0.15) is 0 Å². The first kappa shape index (κ1) is 11.6. The normalized spacial score (nSPS) is 10.4. The second kappa shape index (κ2) is 4.97. The summed E-state index contributed by atoms with van der Waals surface area (Å²) in [7, 11) is 0. The Morgan fingerprint density at radius 3 is 3.06 bits per heavy atom. The van der Waals surface area contributed by atoms with Crippen LogP contribution in [-0.4, -0.2) is 21.2 Å². The molecule has 17 heavy (non-hydrogen) atoms. The Morgan fingerprint density at radius 2 is 2.29 bits per heavy atom. The Morgan fingerprint density at radius 1 is 1.47 bits per heavy atom. The molecule has 5 nitrogen and oxygen atoms in total. The van der Waals surface area contributed by atoms with Crippen molar-refractivity contribution < 1.29 is 4.79 Å². The number of halogens is 1. The first-order valence-electron chi connectivity index (χ1n) is 5.00. The quantitative estimate of drug-likeness (QED) is 0.811. The van der Waals surface area contributed by atoms with E-state index in [0.717, 1.165) is 0 Å². The molecule has 2 aromatic rings. The van der Waals surface area contributed by atoms with E-state index >= 15 is 0 Å². The van der Waals surface area contributed by atoms with Crippen molar-refractivity contribution in [2.45, 2.75) is 6.54 Å². The summed E-state index contributed by atoms with van der Waals surface area (Å²) in [5.74, 6) is -0.395. The smallest absolute Gasteiger partial charge is 0.258 e. The number of amides is 1. The van der Waals surface area contributed by atoms with Crippen molar-refractivity contribution in [1.29, 1.82) is 0 Å². The van der Waals surface area contributed by atoms with E-state index in [1.54, 1.807) is 24.4 Å². The largest absolute Gasteiger partial charge is 0.349 e. The highest BCUT2D eigenvalue weighted by atomic mass is 35.5. The molecule has 6 heteroatoms. The fraction of sp³-hybridized carbons (Fsp3) is 0.182. The van der Waals surface area contributed by atoms with Gasteiger partial charge in [-0.3, -0.25) is 14.0 Å². The van der Waals surface area contributed by atoms with E-state index in [9.17, 15) is 9.59 Å². The Hall–Kier alpha value is -1.88. The molecule has 0 aliphatic heterocycles. The number of fused-ring (bicyclic) bond motifs is 1. The number of hydrogen-bond donors (Lipinski definition) is 1. The summed E-state index contributed by atoms with van der Waals surface area (Å²) < 4.78 is 1.44. The van der Waals surface area contributed by atoms with Crippen LogP contribution >= 0.6 is 11.6 Å². The lowest BCUT2D eigenvalue weighted by atomic mass is 10.3. The van der Waals surface area contributed by atoms with Crippen molar-refractivity contribution >= 4 is 23.2 Å². The first-order chi connectivity index (χ1) is 8.20. The van der Waals surface area contributed by atoms with E-state index in [-0.39, 0.29) is 23.9 Å². The highest BCUT2D eigenvalue weighted by Crippen LogP contribution is 1.98. The Bertz CT molecular complexity index is 609. The van der Waals surface area contributed by atoms with Crippen LogP contribution in [0.2, 0.25) is 0 Å². The molecule has 0 aliphatic carbocycles. The lowest BCUT2D eigenvalue weighted by Gasteiger charge is -2.04. The Kier molecular flexibility index (Phi) is 3.39. The van der Waals surface area contributed by atoms with Crippen LogP contribution in [0.3, 0.4) is 0 Å². The Labute approximate surface area is 102 Å². The van der Waals surface area contributed by atoms with Crippen LogP contribution in [0, 0.1) is 0 Å². The third kappa shape index (κ3) is 2.62. The summed E-state index contributed by atoms with van der Waals surface area (Å²) in [6, 6.07) is 6.67. The molecule has 2 aromatic heterocycles. The first-order valence-corrected chi connectivity index (χ1v) is 5.54. The zero-order chi connectivity index (χ0) is 12.3. The van der Waals surface area contributed by atoms with Gasteiger partial charge in [-0.05, 0) is 12.1 Å². The maximum atomic E-state index is 11.7. The predicted octanol–water partition coefficient (Wildman–Crippen LogP) is 0.549. The van der Waals surface area contributed by atoms with Crippen LogP contribution in [-0.2, 0) is 11.3 Å². The topological polar surface area (TPSA) is 63.5 Å². The van der Waals surface area contributed by atoms with Crippen molar-refractivity contribution in [2.75, 3.05) is 5.88 Å². The molecular weight excluding hydrogens is 242 g/mol. The van der Waals surface area contributed by atoms with Crippen LogP contribution in [0.1, 0.15) is 5.69 Å². The molecule has 88 valence electrons. The number of carbonyl (C=O) groups is 1. The van der Waals surface area contributed by atoms with Gasteiger partial charge in [-0.25, -0.2) is 4.98 Å². The average Bonchev–Trinajstić information content (AvgIpc) is 2.36. The lowest BCUT2D eigenvalue weighted by Crippen LogP contribution is -2.26. The second-order valence-electron chi connectivity index (χ2n) is 3.42. The van der Waals surface area contributed by atoms with E-state index in [4.69, 9.17) is 11.6 Å². The van der Waals surface area contributed by atoms with Gasteiger partial charge < -0.3 is 5.32 Å². The number of rotatable bonds is 3. The van der Waals surface area contributed by atoms with E-state index < -0.39 is 0 Å². The molecule has 0 atom stereocenters. The van der Waals surface area contributed by atoms with Crippen LogP contribution < -0.4 is 10.9 Å². The van der Waals surface area contributed by atoms with Gasteiger partial charge >= 0.3 is 0 Å². The fourth-order valence-electron chi connectivity index (χ4n) is 1.43. The molecule has 0 saturated heterocycles. The van der Waals surface area contributed by atoms with Gasteiger partial charge in [0.2, 0.25) is 5.91 Å². The van der Waals surface area contributed by atoms with Gasteiger partial charge in [-0.1, -0.05) is 6.07 Å². The van der Waals surface area contributed by atoms with Crippen molar-refractivity contribution in [3.8, 4) is 0 Å². The summed E-state index contributed by atoms with van der Waals surface area (Å²) in [6.07, 6.45) is 1.64. The van der Waals surface area contributed by atoms with Crippen LogP contribution in [0.5, 0.6) is 0 Å². The number of nitrogens with one attached hydrogen (secondary N) is 1. The van der Waals surface area contributed by atoms with Crippen molar-refractivity contribution in [3.63, 3.8) is 0 Å². The van der Waals surface area contributed by atoms with E-state index in [2.05, 4.69) is 10.3 Å². The molecule has 0 fully saturated rings. The molecule has 0 bridgehead atoms. The highest BCUT2D eigenvalue weighted by molar-refractivity contribution is 6.27. The van der Waals surface area contributed by atoms with Gasteiger partial charge in [0.1, 0.15) is 11.5 Å². The number of alkyl halides is 1. The number of aromatic nitrogens is 2. The van der Waals surface area contributed by atoms with Gasteiger partial charge in [0.15, 0.2) is 0 Å². The van der Waals surface area contributed by atoms with Crippen molar-refractivity contribution in [1.82, 2.24) is 14.7 Å². The summed E-state index contributed by atoms with van der Waals surface area (Å²) in [5.41, 5.74) is 0.889. The zero-order valence-corrected chi connectivity index (χ0v) is 9.65. The van der Waals surface area contributed by atoms with Gasteiger partial charge in [0.05, 0.1) is 12.2 Å². The molecule has 2 rings (SSSR count). The molecular formula is C11H10ClN3O2. The number of carbonyl (C=O) groups excluding carboxylic acids is 1. The van der Waals surface area contributed by atoms with Crippen molar-refractivity contribution in [2.24, 2.45) is 0 Å². The summed E-state index contributed by atoms with van der Waals surface area (Å²) in [6.45, 7) is 0.201. The standard InChI is InChI=1S/C11H10ClN3O2/c12-6-10(16)13-7-8-5-11(17)15-4-2-1-3-9(15)14-8/h1-5H,6-7H2,(H,13,16). The molecule has 0 aromatic carbocycles. The summed E-state index contributed by atoms with van der Waals surface area (Å²) in [4.78, 5) is 26.9. The van der Waals surface area contributed by atoms with E-state index in [1.165, 1.54) is 10.5 Å². The molecule has 0 aliphatic rings. The molecule has 1 N–H and O–H groups in total. The fourth-order valence-corrected chi connectivity index (χ4v) is 1.52. The van der Waals surface area contributed by atoms with Crippen LogP contribution in [0.15, 0.2) is 35.3 Å². The second-order valence-corrected chi connectivity index (χ2v) is 3.69. The molecule has 0 saturated carbocycles. The van der Waals surface area contributed by atoms with Crippen LogP contribution in [0.25, 0.3) is 5.65 Å². The minimum atomic E-state index is -0.290. The van der Waals surface area contributed by atoms with E-state index in [1.807, 2.05) is 0 Å². The van der Waals surface area contributed by atoms with E-state index in [0.29, 0.717) is 11.3 Å². The maximum absolute atomic E-state index is 11.7.